The van der Waals surface area contributed by atoms with E-state index in [-0.39, 0.29) is 6.42 Å². The number of rotatable bonds is 5. The van der Waals surface area contributed by atoms with Crippen LogP contribution < -0.4 is 10.6 Å². The number of ether oxygens (including phenoxy) is 1. The van der Waals surface area contributed by atoms with Crippen LogP contribution in [0.3, 0.4) is 0 Å². The summed E-state index contributed by atoms with van der Waals surface area (Å²) in [7, 11) is 1.27. The van der Waals surface area contributed by atoms with E-state index in [2.05, 4.69) is 15.4 Å². The number of anilines is 2. The molecule has 0 radical (unpaired) electrons. The average molecular weight is 361 g/mol. The summed E-state index contributed by atoms with van der Waals surface area (Å²) in [6.45, 7) is 1.85. The molecule has 0 aromatic heterocycles. The predicted molar refractivity (Wildman–Crippen MR) is 95.8 cm³/mol. The lowest BCUT2D eigenvalue weighted by molar-refractivity contribution is -0.123. The molecule has 0 saturated carbocycles. The molecule has 0 bridgehead atoms. The molecule has 2 rings (SSSR count). The Labute approximate surface area is 150 Å². The van der Waals surface area contributed by atoms with Crippen LogP contribution in [0.4, 0.5) is 11.4 Å². The standard InChI is InChI=1S/C18H17ClN2O4/c1-11-6-7-14(9-15(11)19)21-17(23)10-16(22)20-13-5-3-4-12(8-13)18(24)25-2/h3-9H,10H2,1-2H3,(H,20,22)(H,21,23). The molecule has 0 spiro atoms. The lowest BCUT2D eigenvalue weighted by atomic mass is 10.2. The van der Waals surface area contributed by atoms with Gasteiger partial charge in [0.1, 0.15) is 6.42 Å². The minimum absolute atomic E-state index is 0.305. The average Bonchev–Trinajstić information content (AvgIpc) is 2.57. The van der Waals surface area contributed by atoms with E-state index in [1.165, 1.54) is 13.2 Å². The maximum atomic E-state index is 12.0. The Morgan fingerprint density at radius 1 is 1.00 bits per heavy atom. The van der Waals surface area contributed by atoms with E-state index in [1.807, 2.05) is 6.92 Å². The summed E-state index contributed by atoms with van der Waals surface area (Å²) in [5.74, 6) is -1.48. The highest BCUT2D eigenvalue weighted by atomic mass is 35.5. The Kier molecular flexibility index (Phi) is 6.14. The quantitative estimate of drug-likeness (QED) is 0.632. The first-order chi connectivity index (χ1) is 11.9. The van der Waals surface area contributed by atoms with Gasteiger partial charge in [-0.15, -0.1) is 0 Å². The van der Waals surface area contributed by atoms with E-state index in [0.29, 0.717) is 22.0 Å². The van der Waals surface area contributed by atoms with Crippen molar-refractivity contribution in [3.05, 3.63) is 58.6 Å². The van der Waals surface area contributed by atoms with Crippen LogP contribution in [0.2, 0.25) is 5.02 Å². The third-order valence-electron chi connectivity index (χ3n) is 3.34. The summed E-state index contributed by atoms with van der Waals surface area (Å²) >= 11 is 5.99. The normalized spacial score (nSPS) is 10.0. The molecule has 6 nitrogen and oxygen atoms in total. The molecule has 2 amide bonds. The fraction of sp³-hybridized carbons (Fsp3) is 0.167. The van der Waals surface area contributed by atoms with Gasteiger partial charge in [0.05, 0.1) is 12.7 Å². The third kappa shape index (κ3) is 5.32. The first kappa shape index (κ1) is 18.5. The number of hydrogen-bond acceptors (Lipinski definition) is 4. The van der Waals surface area contributed by atoms with Crippen LogP contribution in [0, 0.1) is 6.92 Å². The lowest BCUT2D eigenvalue weighted by Crippen LogP contribution is -2.21. The number of halogens is 1. The van der Waals surface area contributed by atoms with Crippen LogP contribution >= 0.6 is 11.6 Å². The van der Waals surface area contributed by atoms with E-state index in [1.54, 1.807) is 36.4 Å². The molecule has 2 aromatic carbocycles. The Balaban J connectivity index is 1.94. The number of carbonyl (C=O) groups excluding carboxylic acids is 3. The predicted octanol–water partition coefficient (Wildman–Crippen LogP) is 3.40. The van der Waals surface area contributed by atoms with Crippen LogP contribution in [-0.4, -0.2) is 24.9 Å². The molecule has 130 valence electrons. The molecule has 0 fully saturated rings. The number of hydrogen-bond donors (Lipinski definition) is 2. The van der Waals surface area contributed by atoms with Crippen LogP contribution in [0.1, 0.15) is 22.3 Å². The maximum absolute atomic E-state index is 12.0. The van der Waals surface area contributed by atoms with Crippen molar-refractivity contribution < 1.29 is 19.1 Å². The van der Waals surface area contributed by atoms with E-state index < -0.39 is 17.8 Å². The van der Waals surface area contributed by atoms with Gasteiger partial charge in [-0.2, -0.15) is 0 Å². The highest BCUT2D eigenvalue weighted by Gasteiger charge is 2.12. The monoisotopic (exact) mass is 360 g/mol. The number of methoxy groups -OCH3 is 1. The zero-order chi connectivity index (χ0) is 18.4. The third-order valence-corrected chi connectivity index (χ3v) is 3.75. The summed E-state index contributed by atoms with van der Waals surface area (Å²) in [6.07, 6.45) is -0.367. The Morgan fingerprint density at radius 2 is 1.64 bits per heavy atom. The topological polar surface area (TPSA) is 84.5 Å². The fourth-order valence-corrected chi connectivity index (χ4v) is 2.25. The van der Waals surface area contributed by atoms with Gasteiger partial charge in [0.15, 0.2) is 0 Å². The maximum Gasteiger partial charge on any atom is 0.337 e. The summed E-state index contributed by atoms with van der Waals surface area (Å²) in [5.41, 5.74) is 2.11. The molecule has 25 heavy (non-hydrogen) atoms. The summed E-state index contributed by atoms with van der Waals surface area (Å²) < 4.78 is 4.62. The van der Waals surface area contributed by atoms with Crippen molar-refractivity contribution in [3.63, 3.8) is 0 Å². The Bertz CT molecular complexity index is 820. The van der Waals surface area contributed by atoms with Gasteiger partial charge in [-0.3, -0.25) is 9.59 Å². The SMILES string of the molecule is COC(=O)c1cccc(NC(=O)CC(=O)Nc2ccc(C)c(Cl)c2)c1. The van der Waals surface area contributed by atoms with Crippen molar-refractivity contribution in [1.29, 1.82) is 0 Å². The zero-order valence-corrected chi connectivity index (χ0v) is 14.5. The number of amides is 2. The van der Waals surface area contributed by atoms with Crippen molar-refractivity contribution in [2.75, 3.05) is 17.7 Å². The highest BCUT2D eigenvalue weighted by molar-refractivity contribution is 6.31. The van der Waals surface area contributed by atoms with Gasteiger partial charge in [0.25, 0.3) is 0 Å². The van der Waals surface area contributed by atoms with Crippen molar-refractivity contribution in [1.82, 2.24) is 0 Å². The second-order valence-corrected chi connectivity index (χ2v) is 5.72. The number of carbonyl (C=O) groups is 3. The molecular weight excluding hydrogens is 344 g/mol. The summed E-state index contributed by atoms with van der Waals surface area (Å²) in [5, 5.41) is 5.70. The second kappa shape index (κ2) is 8.30. The first-order valence-electron chi connectivity index (χ1n) is 7.43. The summed E-state index contributed by atoms with van der Waals surface area (Å²) in [4.78, 5) is 35.4. The van der Waals surface area contributed by atoms with Gasteiger partial charge in [-0.05, 0) is 42.8 Å². The number of aryl methyl sites for hydroxylation is 1. The van der Waals surface area contributed by atoms with Crippen LogP contribution in [0.5, 0.6) is 0 Å². The van der Waals surface area contributed by atoms with Crippen molar-refractivity contribution in [2.24, 2.45) is 0 Å². The Hall–Kier alpha value is -2.86. The van der Waals surface area contributed by atoms with Crippen LogP contribution in [-0.2, 0) is 14.3 Å². The number of nitrogens with one attached hydrogen (secondary N) is 2. The number of benzene rings is 2. The molecule has 2 N–H and O–H groups in total. The minimum atomic E-state index is -0.509. The smallest absolute Gasteiger partial charge is 0.337 e. The first-order valence-corrected chi connectivity index (χ1v) is 7.81. The molecule has 0 atom stereocenters. The molecular formula is C18H17ClN2O4. The molecule has 0 heterocycles. The van der Waals surface area contributed by atoms with Gasteiger partial charge in [0, 0.05) is 16.4 Å². The van der Waals surface area contributed by atoms with Gasteiger partial charge >= 0.3 is 5.97 Å². The van der Waals surface area contributed by atoms with Crippen LogP contribution in [0.15, 0.2) is 42.5 Å². The van der Waals surface area contributed by atoms with Crippen molar-refractivity contribution >= 4 is 40.8 Å². The Morgan fingerprint density at radius 3 is 2.24 bits per heavy atom. The van der Waals surface area contributed by atoms with Gasteiger partial charge in [-0.25, -0.2) is 4.79 Å². The molecule has 0 aliphatic rings. The second-order valence-electron chi connectivity index (χ2n) is 5.31. The summed E-state index contributed by atoms with van der Waals surface area (Å²) in [6, 6.07) is 11.4. The molecule has 2 aromatic rings. The molecule has 0 aliphatic heterocycles. The van der Waals surface area contributed by atoms with E-state index in [4.69, 9.17) is 11.6 Å². The molecule has 7 heteroatoms. The van der Waals surface area contributed by atoms with Crippen molar-refractivity contribution in [2.45, 2.75) is 13.3 Å². The van der Waals surface area contributed by atoms with Gasteiger partial charge in [0.2, 0.25) is 11.8 Å². The number of esters is 1. The van der Waals surface area contributed by atoms with E-state index in [9.17, 15) is 14.4 Å². The van der Waals surface area contributed by atoms with E-state index in [0.717, 1.165) is 5.56 Å². The minimum Gasteiger partial charge on any atom is -0.465 e. The largest absolute Gasteiger partial charge is 0.465 e. The zero-order valence-electron chi connectivity index (χ0n) is 13.8. The van der Waals surface area contributed by atoms with Gasteiger partial charge in [-0.1, -0.05) is 23.7 Å². The molecule has 0 saturated heterocycles. The molecule has 0 aliphatic carbocycles. The van der Waals surface area contributed by atoms with Crippen molar-refractivity contribution in [3.8, 4) is 0 Å². The lowest BCUT2D eigenvalue weighted by Gasteiger charge is -2.08. The van der Waals surface area contributed by atoms with Gasteiger partial charge < -0.3 is 15.4 Å². The molecule has 0 unspecified atom stereocenters. The highest BCUT2D eigenvalue weighted by Crippen LogP contribution is 2.20. The van der Waals surface area contributed by atoms with Crippen LogP contribution in [0.25, 0.3) is 0 Å². The van der Waals surface area contributed by atoms with E-state index >= 15 is 0 Å². The fourth-order valence-electron chi connectivity index (χ4n) is 2.07.